The molecule has 1 heterocycles. The van der Waals surface area contributed by atoms with Crippen LogP contribution in [-0.2, 0) is 11.2 Å². The highest BCUT2D eigenvalue weighted by atomic mass is 35.5. The van der Waals surface area contributed by atoms with Gasteiger partial charge in [-0.25, -0.2) is 0 Å². The lowest BCUT2D eigenvalue weighted by atomic mass is 9.96. The van der Waals surface area contributed by atoms with Crippen molar-refractivity contribution in [1.29, 1.82) is 0 Å². The number of nitrogens with zero attached hydrogens (tertiary/aromatic N) is 1. The molecule has 0 bridgehead atoms. The van der Waals surface area contributed by atoms with Crippen molar-refractivity contribution in [2.45, 2.75) is 32.7 Å². The molecule has 0 saturated heterocycles. The zero-order chi connectivity index (χ0) is 23.3. The number of Topliss-reactive ketones (excluding diaryl/α,β-unsaturated/α-hetero) is 1. The Balaban J connectivity index is 0.00000385. The number of thioether (sulfide) groups is 1. The van der Waals surface area contributed by atoms with Crippen molar-refractivity contribution in [2.75, 3.05) is 26.2 Å². The summed E-state index contributed by atoms with van der Waals surface area (Å²) >= 11 is 3.14. The summed E-state index contributed by atoms with van der Waals surface area (Å²) in [5.74, 6) is 2.45. The van der Waals surface area contributed by atoms with E-state index in [4.69, 9.17) is 15.2 Å². The number of aromatic nitrogens is 1. The summed E-state index contributed by atoms with van der Waals surface area (Å²) in [6.07, 6.45) is 4.81. The fraction of sp³-hybridized carbons (Fsp3) is 0.360. The van der Waals surface area contributed by atoms with Crippen LogP contribution in [0.4, 0.5) is 0 Å². The zero-order valence-electron chi connectivity index (χ0n) is 19.6. The van der Waals surface area contributed by atoms with E-state index in [1.54, 1.807) is 26.0 Å². The summed E-state index contributed by atoms with van der Waals surface area (Å²) in [6, 6.07) is 9.69. The van der Waals surface area contributed by atoms with Gasteiger partial charge in [0.25, 0.3) is 0 Å². The summed E-state index contributed by atoms with van der Waals surface area (Å²) in [5, 5.41) is 0. The van der Waals surface area contributed by atoms with Gasteiger partial charge in [-0.15, -0.1) is 12.4 Å². The van der Waals surface area contributed by atoms with E-state index < -0.39 is 6.04 Å². The Labute approximate surface area is 210 Å². The number of halogens is 1. The molecular weight excluding hydrogens is 476 g/mol. The number of carbonyl (C=O) groups is 1. The van der Waals surface area contributed by atoms with Gasteiger partial charge in [-0.3, -0.25) is 4.79 Å². The Morgan fingerprint density at radius 3 is 2.52 bits per heavy atom. The van der Waals surface area contributed by atoms with Crippen molar-refractivity contribution in [3.05, 3.63) is 53.2 Å². The molecule has 0 amide bonds. The Kier molecular flexibility index (Phi) is 10.2. The van der Waals surface area contributed by atoms with Crippen molar-refractivity contribution >= 4 is 41.5 Å². The van der Waals surface area contributed by atoms with E-state index in [2.05, 4.69) is 30.4 Å². The number of nitrogens with two attached hydrogens (primary N) is 1. The van der Waals surface area contributed by atoms with Gasteiger partial charge in [-0.05, 0) is 84.3 Å². The lowest BCUT2D eigenvalue weighted by Crippen LogP contribution is -2.32. The quantitative estimate of drug-likeness (QED) is 0.378. The second-order valence-corrected chi connectivity index (χ2v) is 9.53. The molecule has 0 saturated carbocycles. The molecule has 1 aromatic heterocycles. The van der Waals surface area contributed by atoms with Gasteiger partial charge in [0.05, 0.1) is 25.1 Å². The summed E-state index contributed by atoms with van der Waals surface area (Å²) in [6.45, 7) is 4.14. The van der Waals surface area contributed by atoms with Gasteiger partial charge in [-0.1, -0.05) is 12.1 Å². The highest BCUT2D eigenvalue weighted by Gasteiger charge is 2.19. The molecule has 2 aromatic carbocycles. The first kappa shape index (κ1) is 27.2. The maximum absolute atomic E-state index is 12.7. The Morgan fingerprint density at radius 2 is 1.85 bits per heavy atom. The van der Waals surface area contributed by atoms with Gasteiger partial charge in [0.1, 0.15) is 11.5 Å². The topological polar surface area (TPSA) is 74.4 Å². The highest BCUT2D eigenvalue weighted by molar-refractivity contribution is 7.98. The van der Waals surface area contributed by atoms with Crippen LogP contribution in [0.2, 0.25) is 0 Å². The van der Waals surface area contributed by atoms with Crippen LogP contribution in [0.5, 0.6) is 11.5 Å². The normalized spacial score (nSPS) is 11.6. The molecule has 0 fully saturated rings. The van der Waals surface area contributed by atoms with E-state index in [0.29, 0.717) is 12.2 Å². The van der Waals surface area contributed by atoms with Crippen LogP contribution in [0.3, 0.4) is 0 Å². The number of rotatable bonds is 10. The third-order valence-electron chi connectivity index (χ3n) is 5.67. The van der Waals surface area contributed by atoms with Crippen LogP contribution in [0.1, 0.15) is 23.1 Å². The molecule has 5 nitrogen and oxygen atoms in total. The third kappa shape index (κ3) is 6.29. The molecule has 178 valence electrons. The average molecular weight is 507 g/mol. The molecule has 0 spiro atoms. The molecule has 0 aliphatic heterocycles. The van der Waals surface area contributed by atoms with Crippen LogP contribution in [0.25, 0.3) is 21.6 Å². The number of hydrogen-bond acceptors (Lipinski definition) is 7. The molecule has 0 aliphatic rings. The molecule has 8 heteroatoms. The Hall–Kier alpha value is -2.06. The maximum atomic E-state index is 12.7. The summed E-state index contributed by atoms with van der Waals surface area (Å²) < 4.78 is 15.6. The monoisotopic (exact) mass is 506 g/mol. The first-order valence-corrected chi connectivity index (χ1v) is 12.6. The molecule has 0 aliphatic carbocycles. The lowest BCUT2D eigenvalue weighted by molar-refractivity contribution is -0.119. The van der Waals surface area contributed by atoms with E-state index in [9.17, 15) is 4.79 Å². The third-order valence-corrected chi connectivity index (χ3v) is 7.17. The predicted molar refractivity (Wildman–Crippen MR) is 142 cm³/mol. The molecule has 33 heavy (non-hydrogen) atoms. The lowest BCUT2D eigenvalue weighted by Gasteiger charge is -2.14. The number of hydrogen-bond donors (Lipinski definition) is 1. The van der Waals surface area contributed by atoms with E-state index >= 15 is 0 Å². The smallest absolute Gasteiger partial charge is 0.154 e. The van der Waals surface area contributed by atoms with E-state index in [1.807, 2.05) is 30.7 Å². The van der Waals surface area contributed by atoms with Crippen molar-refractivity contribution in [2.24, 2.45) is 5.73 Å². The average Bonchev–Trinajstić information content (AvgIpc) is 3.29. The molecule has 3 rings (SSSR count). The Morgan fingerprint density at radius 1 is 1.12 bits per heavy atom. The van der Waals surface area contributed by atoms with E-state index in [1.165, 1.54) is 17.1 Å². The summed E-state index contributed by atoms with van der Waals surface area (Å²) in [4.78, 5) is 13.8. The minimum Gasteiger partial charge on any atom is -0.496 e. The molecule has 0 radical (unpaired) electrons. The van der Waals surface area contributed by atoms with E-state index in [-0.39, 0.29) is 24.6 Å². The highest BCUT2D eigenvalue weighted by Crippen LogP contribution is 2.39. The zero-order valence-corrected chi connectivity index (χ0v) is 22.1. The number of benzene rings is 2. The Bertz CT molecular complexity index is 1100. The molecule has 3 aromatic rings. The summed E-state index contributed by atoms with van der Waals surface area (Å²) in [5.41, 5.74) is 12.3. The van der Waals surface area contributed by atoms with Crippen LogP contribution in [0.15, 0.2) is 36.5 Å². The van der Waals surface area contributed by atoms with Crippen LogP contribution in [-0.4, -0.2) is 42.4 Å². The van der Waals surface area contributed by atoms with Crippen molar-refractivity contribution in [3.63, 3.8) is 0 Å². The predicted octanol–water partition coefficient (Wildman–Crippen LogP) is 5.72. The number of aryl methyl sites for hydroxylation is 1. The molecule has 1 atom stereocenters. The first-order chi connectivity index (χ1) is 15.4. The van der Waals surface area contributed by atoms with Gasteiger partial charge in [-0.2, -0.15) is 16.1 Å². The van der Waals surface area contributed by atoms with Crippen molar-refractivity contribution < 1.29 is 14.3 Å². The number of methoxy groups -OCH3 is 2. The molecular formula is C25H31ClN2O3S2. The standard InChI is InChI=1S/C25H30N2O3S2.ClH/c1-15-10-19(13-24(30-4)16(15)2)25-20(14-27-32-25)17-6-7-23(29-3)18(11-17)12-22(28)21(26)8-9-31-5;/h6-7,10-11,13-14,21H,8-9,12,26H2,1-5H3;1H. The van der Waals surface area contributed by atoms with Crippen LogP contribution >= 0.6 is 35.7 Å². The largest absolute Gasteiger partial charge is 0.496 e. The van der Waals surface area contributed by atoms with Gasteiger partial charge >= 0.3 is 0 Å². The van der Waals surface area contributed by atoms with Gasteiger partial charge < -0.3 is 15.2 Å². The molecule has 1 unspecified atom stereocenters. The van der Waals surface area contributed by atoms with Crippen LogP contribution < -0.4 is 15.2 Å². The number of ketones is 1. The van der Waals surface area contributed by atoms with Gasteiger partial charge in [0.2, 0.25) is 0 Å². The van der Waals surface area contributed by atoms with Crippen molar-refractivity contribution in [3.8, 4) is 33.1 Å². The minimum absolute atomic E-state index is 0. The van der Waals surface area contributed by atoms with E-state index in [0.717, 1.165) is 44.2 Å². The van der Waals surface area contributed by atoms with Gasteiger partial charge in [0, 0.05) is 23.7 Å². The second-order valence-electron chi connectivity index (χ2n) is 7.75. The van der Waals surface area contributed by atoms with Gasteiger partial charge in [0.15, 0.2) is 5.78 Å². The second kappa shape index (κ2) is 12.4. The number of ether oxygens (including phenoxy) is 2. The fourth-order valence-electron chi connectivity index (χ4n) is 3.63. The van der Waals surface area contributed by atoms with Crippen LogP contribution in [0, 0.1) is 13.8 Å². The number of carbonyl (C=O) groups excluding carboxylic acids is 1. The minimum atomic E-state index is -0.461. The maximum Gasteiger partial charge on any atom is 0.154 e. The summed E-state index contributed by atoms with van der Waals surface area (Å²) in [7, 11) is 3.31. The molecule has 2 N–H and O–H groups in total. The SMILES string of the molecule is COc1ccc(-c2cnsc2-c2cc(C)c(C)c(OC)c2)cc1CC(=O)C(N)CCSC.Cl. The first-order valence-electron chi connectivity index (χ1n) is 10.4. The van der Waals surface area contributed by atoms with Crippen molar-refractivity contribution in [1.82, 2.24) is 4.37 Å². The fourth-order valence-corrected chi connectivity index (χ4v) is 4.88.